The molecule has 0 radical (unpaired) electrons. The number of fused-ring (bicyclic) bond motifs is 3. The van der Waals surface area contributed by atoms with Crippen LogP contribution in [0.15, 0.2) is 41.6 Å². The normalized spacial score (nSPS) is 14.7. The molecular weight excluding hydrogens is 214 g/mol. The predicted octanol–water partition coefficient (Wildman–Crippen LogP) is 2.06. The van der Waals surface area contributed by atoms with E-state index in [-0.39, 0.29) is 0 Å². The SMILES string of the molecule is Nc1cc2c(cc1N)-c1ccccc1/C2=N/O. The van der Waals surface area contributed by atoms with Crippen molar-refractivity contribution in [1.29, 1.82) is 0 Å². The first-order chi connectivity index (χ1) is 8.22. The smallest absolute Gasteiger partial charge is 0.118 e. The Kier molecular flexibility index (Phi) is 1.86. The van der Waals surface area contributed by atoms with E-state index in [1.807, 2.05) is 30.3 Å². The van der Waals surface area contributed by atoms with Crippen molar-refractivity contribution in [3.05, 3.63) is 47.5 Å². The van der Waals surface area contributed by atoms with Crippen LogP contribution in [0.1, 0.15) is 11.1 Å². The van der Waals surface area contributed by atoms with Crippen molar-refractivity contribution in [2.75, 3.05) is 11.5 Å². The molecule has 2 aromatic rings. The summed E-state index contributed by atoms with van der Waals surface area (Å²) in [7, 11) is 0. The first-order valence-corrected chi connectivity index (χ1v) is 5.23. The molecule has 0 unspecified atom stereocenters. The number of oxime groups is 1. The number of hydrogen-bond acceptors (Lipinski definition) is 4. The largest absolute Gasteiger partial charge is 0.410 e. The van der Waals surface area contributed by atoms with Gasteiger partial charge in [0.05, 0.1) is 11.4 Å². The quantitative estimate of drug-likeness (QED) is 0.311. The Morgan fingerprint density at radius 2 is 1.41 bits per heavy atom. The van der Waals surface area contributed by atoms with Crippen LogP contribution in [0.5, 0.6) is 0 Å². The van der Waals surface area contributed by atoms with Crippen LogP contribution in [-0.4, -0.2) is 10.9 Å². The lowest BCUT2D eigenvalue weighted by Crippen LogP contribution is -2.01. The van der Waals surface area contributed by atoms with Gasteiger partial charge in [-0.25, -0.2) is 0 Å². The Bertz CT molecular complexity index is 647. The van der Waals surface area contributed by atoms with Crippen LogP contribution in [0.2, 0.25) is 0 Å². The lowest BCUT2D eigenvalue weighted by atomic mass is 10.0. The number of nitrogens with two attached hydrogens (primary N) is 2. The lowest BCUT2D eigenvalue weighted by molar-refractivity contribution is 0.320. The third kappa shape index (κ3) is 1.21. The molecule has 0 aromatic heterocycles. The maximum atomic E-state index is 9.14. The van der Waals surface area contributed by atoms with Crippen molar-refractivity contribution in [2.24, 2.45) is 5.16 Å². The number of rotatable bonds is 0. The molecule has 84 valence electrons. The fourth-order valence-electron chi connectivity index (χ4n) is 2.23. The van der Waals surface area contributed by atoms with E-state index in [0.29, 0.717) is 17.1 Å². The summed E-state index contributed by atoms with van der Waals surface area (Å²) < 4.78 is 0. The topological polar surface area (TPSA) is 84.6 Å². The zero-order chi connectivity index (χ0) is 12.0. The zero-order valence-corrected chi connectivity index (χ0v) is 9.01. The monoisotopic (exact) mass is 225 g/mol. The molecule has 0 spiro atoms. The van der Waals surface area contributed by atoms with E-state index in [0.717, 1.165) is 22.3 Å². The number of nitrogen functional groups attached to an aromatic ring is 2. The van der Waals surface area contributed by atoms with E-state index in [2.05, 4.69) is 5.16 Å². The summed E-state index contributed by atoms with van der Waals surface area (Å²) in [5, 5.41) is 12.5. The minimum atomic E-state index is 0.498. The van der Waals surface area contributed by atoms with E-state index in [1.54, 1.807) is 6.07 Å². The molecule has 3 rings (SSSR count). The van der Waals surface area contributed by atoms with Gasteiger partial charge in [0.15, 0.2) is 0 Å². The maximum Gasteiger partial charge on any atom is 0.118 e. The highest BCUT2D eigenvalue weighted by Gasteiger charge is 2.25. The van der Waals surface area contributed by atoms with E-state index < -0.39 is 0 Å². The van der Waals surface area contributed by atoms with Crippen molar-refractivity contribution >= 4 is 17.1 Å². The molecule has 1 aliphatic rings. The van der Waals surface area contributed by atoms with Gasteiger partial charge in [0.1, 0.15) is 5.71 Å². The summed E-state index contributed by atoms with van der Waals surface area (Å²) in [6, 6.07) is 11.3. The summed E-state index contributed by atoms with van der Waals surface area (Å²) in [6.07, 6.45) is 0. The minimum absolute atomic E-state index is 0.498. The third-order valence-corrected chi connectivity index (χ3v) is 3.05. The van der Waals surface area contributed by atoms with Crippen LogP contribution in [-0.2, 0) is 0 Å². The lowest BCUT2D eigenvalue weighted by Gasteiger charge is -2.04. The average molecular weight is 225 g/mol. The molecule has 0 saturated heterocycles. The number of nitrogens with zero attached hydrogens (tertiary/aromatic N) is 1. The van der Waals surface area contributed by atoms with Crippen molar-refractivity contribution in [1.82, 2.24) is 0 Å². The van der Waals surface area contributed by atoms with Crippen LogP contribution in [0.4, 0.5) is 11.4 Å². The Balaban J connectivity index is 2.40. The van der Waals surface area contributed by atoms with Crippen molar-refractivity contribution < 1.29 is 5.21 Å². The Morgan fingerprint density at radius 1 is 0.824 bits per heavy atom. The molecule has 0 atom stereocenters. The standard InChI is InChI=1S/C13H11N3O/c14-11-5-9-7-3-1-2-4-8(7)13(16-17)10(9)6-12(11)15/h1-6,17H,14-15H2/b16-13-. The summed E-state index contributed by atoms with van der Waals surface area (Å²) >= 11 is 0. The Morgan fingerprint density at radius 3 is 2.06 bits per heavy atom. The van der Waals surface area contributed by atoms with Crippen LogP contribution >= 0.6 is 0 Å². The van der Waals surface area contributed by atoms with Crippen LogP contribution in [0.3, 0.4) is 0 Å². The van der Waals surface area contributed by atoms with Crippen LogP contribution < -0.4 is 11.5 Å². The maximum absolute atomic E-state index is 9.14. The molecule has 2 aromatic carbocycles. The molecule has 0 fully saturated rings. The molecule has 0 amide bonds. The van der Waals surface area contributed by atoms with Gasteiger partial charge in [0, 0.05) is 11.1 Å². The second-order valence-electron chi connectivity index (χ2n) is 4.02. The fourth-order valence-corrected chi connectivity index (χ4v) is 2.23. The highest BCUT2D eigenvalue weighted by Crippen LogP contribution is 2.39. The minimum Gasteiger partial charge on any atom is -0.410 e. The van der Waals surface area contributed by atoms with Gasteiger partial charge in [0.25, 0.3) is 0 Å². The summed E-state index contributed by atoms with van der Waals surface area (Å²) in [6.45, 7) is 0. The molecule has 0 heterocycles. The highest BCUT2D eigenvalue weighted by atomic mass is 16.4. The number of anilines is 2. The van der Waals surface area contributed by atoms with Crippen molar-refractivity contribution in [2.45, 2.75) is 0 Å². The second kappa shape index (κ2) is 3.25. The summed E-state index contributed by atoms with van der Waals surface area (Å²) in [5.74, 6) is 0. The van der Waals surface area contributed by atoms with Gasteiger partial charge in [-0.2, -0.15) is 0 Å². The third-order valence-electron chi connectivity index (χ3n) is 3.05. The van der Waals surface area contributed by atoms with E-state index in [9.17, 15) is 0 Å². The molecule has 0 bridgehead atoms. The van der Waals surface area contributed by atoms with Gasteiger partial charge in [-0.15, -0.1) is 0 Å². The molecule has 0 saturated carbocycles. The van der Waals surface area contributed by atoms with Gasteiger partial charge in [-0.1, -0.05) is 29.4 Å². The Labute approximate surface area is 98.2 Å². The van der Waals surface area contributed by atoms with Gasteiger partial charge in [-0.05, 0) is 23.3 Å². The van der Waals surface area contributed by atoms with E-state index >= 15 is 0 Å². The van der Waals surface area contributed by atoms with Gasteiger partial charge in [0.2, 0.25) is 0 Å². The average Bonchev–Trinajstić information content (AvgIpc) is 2.63. The molecule has 0 aliphatic heterocycles. The Hall–Kier alpha value is -2.49. The fraction of sp³-hybridized carbons (Fsp3) is 0. The molecular formula is C13H11N3O. The predicted molar refractivity (Wildman–Crippen MR) is 68.1 cm³/mol. The molecule has 17 heavy (non-hydrogen) atoms. The van der Waals surface area contributed by atoms with E-state index in [4.69, 9.17) is 16.7 Å². The molecule has 4 nitrogen and oxygen atoms in total. The molecule has 5 N–H and O–H groups in total. The zero-order valence-electron chi connectivity index (χ0n) is 9.01. The van der Waals surface area contributed by atoms with Gasteiger partial charge < -0.3 is 16.7 Å². The number of benzene rings is 2. The first kappa shape index (κ1) is 9.72. The van der Waals surface area contributed by atoms with Crippen LogP contribution in [0, 0.1) is 0 Å². The highest BCUT2D eigenvalue weighted by molar-refractivity contribution is 6.25. The first-order valence-electron chi connectivity index (χ1n) is 5.23. The summed E-state index contributed by atoms with van der Waals surface area (Å²) in [5.41, 5.74) is 16.9. The summed E-state index contributed by atoms with van der Waals surface area (Å²) in [4.78, 5) is 0. The molecule has 1 aliphatic carbocycles. The van der Waals surface area contributed by atoms with Crippen molar-refractivity contribution in [3.63, 3.8) is 0 Å². The van der Waals surface area contributed by atoms with Gasteiger partial charge >= 0.3 is 0 Å². The van der Waals surface area contributed by atoms with Crippen molar-refractivity contribution in [3.8, 4) is 11.1 Å². The second-order valence-corrected chi connectivity index (χ2v) is 4.02. The number of hydrogen-bond donors (Lipinski definition) is 3. The van der Waals surface area contributed by atoms with Crippen LogP contribution in [0.25, 0.3) is 11.1 Å². The van der Waals surface area contributed by atoms with Gasteiger partial charge in [-0.3, -0.25) is 0 Å². The van der Waals surface area contributed by atoms with E-state index in [1.165, 1.54) is 0 Å². The molecule has 4 heteroatoms.